The van der Waals surface area contributed by atoms with Gasteiger partial charge in [0.15, 0.2) is 0 Å². The molecule has 1 aromatic rings. The lowest BCUT2D eigenvalue weighted by molar-refractivity contribution is -0.119. The molecule has 1 amide bonds. The number of hydrogen-bond acceptors (Lipinski definition) is 2. The minimum Gasteiger partial charge on any atom is -0.320 e. The molecule has 1 aromatic carbocycles. The fourth-order valence-electron chi connectivity index (χ4n) is 2.33. The van der Waals surface area contributed by atoms with E-state index in [-0.39, 0.29) is 5.91 Å². The van der Waals surface area contributed by atoms with E-state index >= 15 is 0 Å². The van der Waals surface area contributed by atoms with Gasteiger partial charge in [-0.2, -0.15) is 0 Å². The zero-order valence-electron chi connectivity index (χ0n) is 10.2. The molecule has 1 unspecified atom stereocenters. The first-order valence-corrected chi connectivity index (χ1v) is 6.63. The fraction of sp³-hybridized carbons (Fsp3) is 0.462. The summed E-state index contributed by atoms with van der Waals surface area (Å²) in [6.45, 7) is 0.938. The number of fused-ring (bicyclic) bond motifs is 1. The molecule has 4 heteroatoms. The van der Waals surface area contributed by atoms with Crippen molar-refractivity contribution in [3.8, 4) is 0 Å². The number of hydrogen-bond donors (Lipinski definition) is 1. The molecule has 17 heavy (non-hydrogen) atoms. The molecule has 1 atom stereocenters. The Labute approximate surface area is 110 Å². The zero-order chi connectivity index (χ0) is 12.4. The molecule has 0 aliphatic carbocycles. The topological polar surface area (TPSA) is 32.3 Å². The van der Waals surface area contributed by atoms with Crippen LogP contribution in [-0.2, 0) is 4.79 Å². The summed E-state index contributed by atoms with van der Waals surface area (Å²) in [6, 6.07) is 6.14. The Hall–Kier alpha value is -0.870. The van der Waals surface area contributed by atoms with Crippen LogP contribution in [0.1, 0.15) is 24.3 Å². The molecular weight excluding hydrogens is 280 g/mol. The third kappa shape index (κ3) is 2.53. The molecule has 2 rings (SSSR count). The van der Waals surface area contributed by atoms with E-state index in [1.807, 2.05) is 26.2 Å². The van der Waals surface area contributed by atoms with Crippen molar-refractivity contribution < 1.29 is 4.79 Å². The highest BCUT2D eigenvalue weighted by molar-refractivity contribution is 9.10. The number of amides is 1. The summed E-state index contributed by atoms with van der Waals surface area (Å²) < 4.78 is 1.08. The van der Waals surface area contributed by atoms with Crippen LogP contribution in [0.4, 0.5) is 5.69 Å². The Morgan fingerprint density at radius 3 is 3.00 bits per heavy atom. The molecule has 92 valence electrons. The van der Waals surface area contributed by atoms with Gasteiger partial charge in [-0.05, 0) is 49.7 Å². The number of anilines is 1. The van der Waals surface area contributed by atoms with Crippen molar-refractivity contribution >= 4 is 27.5 Å². The van der Waals surface area contributed by atoms with Crippen LogP contribution in [-0.4, -0.2) is 26.5 Å². The highest BCUT2D eigenvalue weighted by Crippen LogP contribution is 2.38. The molecule has 0 spiro atoms. The van der Waals surface area contributed by atoms with Gasteiger partial charge in [-0.3, -0.25) is 4.79 Å². The lowest BCUT2D eigenvalue weighted by atomic mass is 9.87. The SMILES string of the molecule is CNCCC1CC(=O)N(C)c2ccc(Br)cc21. The van der Waals surface area contributed by atoms with Gasteiger partial charge in [0.05, 0.1) is 0 Å². The van der Waals surface area contributed by atoms with Gasteiger partial charge < -0.3 is 10.2 Å². The molecule has 0 aromatic heterocycles. The highest BCUT2D eigenvalue weighted by Gasteiger charge is 2.28. The molecule has 1 aliphatic rings. The third-order valence-electron chi connectivity index (χ3n) is 3.33. The van der Waals surface area contributed by atoms with Gasteiger partial charge in [0, 0.05) is 23.6 Å². The van der Waals surface area contributed by atoms with E-state index in [1.54, 1.807) is 4.90 Å². The second kappa shape index (κ2) is 5.19. The van der Waals surface area contributed by atoms with E-state index in [1.165, 1.54) is 5.56 Å². The Morgan fingerprint density at radius 1 is 1.53 bits per heavy atom. The smallest absolute Gasteiger partial charge is 0.227 e. The van der Waals surface area contributed by atoms with E-state index in [9.17, 15) is 4.79 Å². The van der Waals surface area contributed by atoms with E-state index in [0.717, 1.165) is 23.1 Å². The van der Waals surface area contributed by atoms with E-state index in [4.69, 9.17) is 0 Å². The van der Waals surface area contributed by atoms with Crippen molar-refractivity contribution in [2.24, 2.45) is 0 Å². The van der Waals surface area contributed by atoms with Crippen LogP contribution in [0, 0.1) is 0 Å². The maximum atomic E-state index is 11.9. The number of carbonyl (C=O) groups is 1. The number of carbonyl (C=O) groups excluding carboxylic acids is 1. The van der Waals surface area contributed by atoms with Crippen LogP contribution in [0.5, 0.6) is 0 Å². The van der Waals surface area contributed by atoms with Gasteiger partial charge in [0.1, 0.15) is 0 Å². The molecule has 0 bridgehead atoms. The molecule has 1 N–H and O–H groups in total. The summed E-state index contributed by atoms with van der Waals surface area (Å²) in [6.07, 6.45) is 1.61. The Balaban J connectivity index is 2.35. The van der Waals surface area contributed by atoms with Crippen molar-refractivity contribution in [2.45, 2.75) is 18.8 Å². The second-order valence-electron chi connectivity index (χ2n) is 4.45. The van der Waals surface area contributed by atoms with Crippen molar-refractivity contribution in [3.05, 3.63) is 28.2 Å². The molecular formula is C13H17BrN2O. The molecule has 0 saturated carbocycles. The van der Waals surface area contributed by atoms with Gasteiger partial charge in [0.2, 0.25) is 5.91 Å². The predicted octanol–water partition coefficient (Wildman–Crippen LogP) is 2.51. The van der Waals surface area contributed by atoms with Crippen molar-refractivity contribution in [1.29, 1.82) is 0 Å². The monoisotopic (exact) mass is 296 g/mol. The van der Waals surface area contributed by atoms with Gasteiger partial charge in [-0.15, -0.1) is 0 Å². The summed E-state index contributed by atoms with van der Waals surface area (Å²) in [5.41, 5.74) is 2.32. The number of nitrogens with zero attached hydrogens (tertiary/aromatic N) is 1. The summed E-state index contributed by atoms with van der Waals surface area (Å²) in [7, 11) is 3.79. The minimum absolute atomic E-state index is 0.209. The number of halogens is 1. The normalized spacial score (nSPS) is 19.4. The van der Waals surface area contributed by atoms with Crippen LogP contribution >= 0.6 is 15.9 Å². The summed E-state index contributed by atoms with van der Waals surface area (Å²) in [5, 5.41) is 3.15. The molecule has 3 nitrogen and oxygen atoms in total. The van der Waals surface area contributed by atoms with Crippen molar-refractivity contribution in [1.82, 2.24) is 5.32 Å². The average molecular weight is 297 g/mol. The average Bonchev–Trinajstić information content (AvgIpc) is 2.32. The number of nitrogens with one attached hydrogen (secondary N) is 1. The summed E-state index contributed by atoms with van der Waals surface area (Å²) in [4.78, 5) is 13.7. The lowest BCUT2D eigenvalue weighted by Gasteiger charge is -2.31. The molecule has 0 saturated heterocycles. The predicted molar refractivity (Wildman–Crippen MR) is 73.5 cm³/mol. The van der Waals surface area contributed by atoms with Crippen molar-refractivity contribution in [3.63, 3.8) is 0 Å². The summed E-state index contributed by atoms with van der Waals surface area (Å²) in [5.74, 6) is 0.541. The van der Waals surface area contributed by atoms with Crippen molar-refractivity contribution in [2.75, 3.05) is 25.5 Å². The first-order chi connectivity index (χ1) is 8.13. The molecule has 0 radical (unpaired) electrons. The van der Waals surface area contributed by atoms with Crippen LogP contribution in [0.25, 0.3) is 0 Å². The Morgan fingerprint density at radius 2 is 2.29 bits per heavy atom. The van der Waals surface area contributed by atoms with Gasteiger partial charge in [-0.1, -0.05) is 15.9 Å². The Bertz CT molecular complexity index is 433. The van der Waals surface area contributed by atoms with Crippen LogP contribution in [0.15, 0.2) is 22.7 Å². The van der Waals surface area contributed by atoms with E-state index in [2.05, 4.69) is 27.3 Å². The first kappa shape index (κ1) is 12.6. The van der Waals surface area contributed by atoms with Crippen LogP contribution < -0.4 is 10.2 Å². The number of rotatable bonds is 3. The molecule has 1 heterocycles. The van der Waals surface area contributed by atoms with Gasteiger partial charge >= 0.3 is 0 Å². The standard InChI is InChI=1S/C13H17BrN2O/c1-15-6-5-9-7-13(17)16(2)12-4-3-10(14)8-11(9)12/h3-4,8-9,15H,5-7H2,1-2H3. The van der Waals surface area contributed by atoms with Gasteiger partial charge in [0.25, 0.3) is 0 Å². The zero-order valence-corrected chi connectivity index (χ0v) is 11.8. The summed E-state index contributed by atoms with van der Waals surface area (Å²) >= 11 is 3.50. The van der Waals surface area contributed by atoms with Crippen LogP contribution in [0.2, 0.25) is 0 Å². The lowest BCUT2D eigenvalue weighted by Crippen LogP contribution is -2.33. The maximum Gasteiger partial charge on any atom is 0.227 e. The molecule has 1 aliphatic heterocycles. The third-order valence-corrected chi connectivity index (χ3v) is 3.82. The Kier molecular flexibility index (Phi) is 3.84. The van der Waals surface area contributed by atoms with E-state index < -0.39 is 0 Å². The number of benzene rings is 1. The first-order valence-electron chi connectivity index (χ1n) is 5.84. The quantitative estimate of drug-likeness (QED) is 0.929. The second-order valence-corrected chi connectivity index (χ2v) is 5.36. The van der Waals surface area contributed by atoms with Gasteiger partial charge in [-0.25, -0.2) is 0 Å². The largest absolute Gasteiger partial charge is 0.320 e. The maximum absolute atomic E-state index is 11.9. The minimum atomic E-state index is 0.209. The highest BCUT2D eigenvalue weighted by atomic mass is 79.9. The molecule has 0 fully saturated rings. The van der Waals surface area contributed by atoms with Crippen LogP contribution in [0.3, 0.4) is 0 Å². The fourth-order valence-corrected chi connectivity index (χ4v) is 2.70. The van der Waals surface area contributed by atoms with E-state index in [0.29, 0.717) is 12.3 Å².